The lowest BCUT2D eigenvalue weighted by Gasteiger charge is -2.27. The van der Waals surface area contributed by atoms with Crippen molar-refractivity contribution in [2.45, 2.75) is 46.1 Å². The van der Waals surface area contributed by atoms with Gasteiger partial charge in [0.05, 0.1) is 11.6 Å². The van der Waals surface area contributed by atoms with Gasteiger partial charge < -0.3 is 10.0 Å². The van der Waals surface area contributed by atoms with Crippen LogP contribution in [-0.2, 0) is 9.59 Å². The van der Waals surface area contributed by atoms with E-state index in [2.05, 4.69) is 6.92 Å². The molecule has 4 heteroatoms. The van der Waals surface area contributed by atoms with E-state index in [0.29, 0.717) is 13.0 Å². The lowest BCUT2D eigenvalue weighted by Crippen LogP contribution is -2.32. The van der Waals surface area contributed by atoms with E-state index in [0.717, 1.165) is 18.4 Å². The lowest BCUT2D eigenvalue weighted by atomic mass is 9.92. The molecular formula is C19H25NO3. The van der Waals surface area contributed by atoms with E-state index in [1.807, 2.05) is 44.2 Å². The molecule has 0 bridgehead atoms. The van der Waals surface area contributed by atoms with Crippen molar-refractivity contribution < 1.29 is 14.7 Å². The number of rotatable bonds is 7. The summed E-state index contributed by atoms with van der Waals surface area (Å²) in [6.07, 6.45) is 2.12. The van der Waals surface area contributed by atoms with E-state index in [-0.39, 0.29) is 23.0 Å². The highest BCUT2D eigenvalue weighted by molar-refractivity contribution is 6.09. The molecule has 1 aliphatic rings. The Hall–Kier alpha value is -2.10. The average molecular weight is 315 g/mol. The SMILES string of the molecule is CCCCN1C(=O)C(O)=C(C(=O)CC(C)C)C1c1ccccc1. The summed E-state index contributed by atoms with van der Waals surface area (Å²) in [5.74, 6) is -0.766. The van der Waals surface area contributed by atoms with Crippen molar-refractivity contribution in [1.29, 1.82) is 0 Å². The first-order valence-corrected chi connectivity index (χ1v) is 8.29. The normalized spacial score (nSPS) is 18.2. The minimum Gasteiger partial charge on any atom is -0.503 e. The maximum atomic E-state index is 12.6. The fraction of sp³-hybridized carbons (Fsp3) is 0.474. The summed E-state index contributed by atoms with van der Waals surface area (Å²) in [4.78, 5) is 26.7. The van der Waals surface area contributed by atoms with Crippen LogP contribution in [0.15, 0.2) is 41.7 Å². The van der Waals surface area contributed by atoms with Crippen LogP contribution < -0.4 is 0 Å². The second-order valence-electron chi connectivity index (χ2n) is 6.45. The van der Waals surface area contributed by atoms with Crippen LogP contribution in [0.2, 0.25) is 0 Å². The van der Waals surface area contributed by atoms with Crippen molar-refractivity contribution >= 4 is 11.7 Å². The molecule has 1 unspecified atom stereocenters. The summed E-state index contributed by atoms with van der Waals surface area (Å²) in [6.45, 7) is 6.50. The summed E-state index contributed by atoms with van der Waals surface area (Å²) in [5.41, 5.74) is 1.12. The average Bonchev–Trinajstić information content (AvgIpc) is 2.77. The van der Waals surface area contributed by atoms with Gasteiger partial charge in [-0.25, -0.2) is 0 Å². The second kappa shape index (κ2) is 7.44. The molecule has 1 aliphatic heterocycles. The van der Waals surface area contributed by atoms with Crippen LogP contribution in [0.4, 0.5) is 0 Å². The van der Waals surface area contributed by atoms with Gasteiger partial charge in [0.25, 0.3) is 5.91 Å². The molecule has 0 saturated carbocycles. The Morgan fingerprint density at radius 2 is 1.91 bits per heavy atom. The molecule has 23 heavy (non-hydrogen) atoms. The number of carbonyl (C=O) groups excluding carboxylic acids is 2. The Morgan fingerprint density at radius 3 is 2.48 bits per heavy atom. The maximum Gasteiger partial charge on any atom is 0.290 e. The Kier molecular flexibility index (Phi) is 5.59. The number of aliphatic hydroxyl groups is 1. The number of benzene rings is 1. The molecule has 1 amide bonds. The number of aliphatic hydroxyl groups excluding tert-OH is 1. The second-order valence-corrected chi connectivity index (χ2v) is 6.45. The molecule has 1 aromatic carbocycles. The molecule has 0 fully saturated rings. The van der Waals surface area contributed by atoms with E-state index in [1.54, 1.807) is 4.90 Å². The zero-order chi connectivity index (χ0) is 17.0. The van der Waals surface area contributed by atoms with Gasteiger partial charge in [-0.15, -0.1) is 0 Å². The van der Waals surface area contributed by atoms with Gasteiger partial charge in [-0.3, -0.25) is 9.59 Å². The highest BCUT2D eigenvalue weighted by Gasteiger charge is 2.42. The Labute approximate surface area is 137 Å². The smallest absolute Gasteiger partial charge is 0.290 e. The van der Waals surface area contributed by atoms with Crippen LogP contribution >= 0.6 is 0 Å². The molecule has 1 N–H and O–H groups in total. The summed E-state index contributed by atoms with van der Waals surface area (Å²) in [7, 11) is 0. The quantitative estimate of drug-likeness (QED) is 0.832. The molecule has 0 saturated heterocycles. The van der Waals surface area contributed by atoms with Gasteiger partial charge in [0.15, 0.2) is 11.5 Å². The third-order valence-corrected chi connectivity index (χ3v) is 4.07. The van der Waals surface area contributed by atoms with E-state index in [9.17, 15) is 14.7 Å². The zero-order valence-electron chi connectivity index (χ0n) is 14.1. The largest absolute Gasteiger partial charge is 0.503 e. The fourth-order valence-electron chi connectivity index (χ4n) is 2.96. The first-order valence-electron chi connectivity index (χ1n) is 8.29. The number of nitrogens with zero attached hydrogens (tertiary/aromatic N) is 1. The van der Waals surface area contributed by atoms with E-state index < -0.39 is 11.9 Å². The van der Waals surface area contributed by atoms with Crippen molar-refractivity contribution in [2.75, 3.05) is 6.54 Å². The van der Waals surface area contributed by atoms with Crippen molar-refractivity contribution in [3.05, 3.63) is 47.2 Å². The van der Waals surface area contributed by atoms with Gasteiger partial charge in [-0.1, -0.05) is 57.5 Å². The Morgan fingerprint density at radius 1 is 1.26 bits per heavy atom. The third kappa shape index (κ3) is 3.63. The van der Waals surface area contributed by atoms with Crippen molar-refractivity contribution in [3.8, 4) is 0 Å². The van der Waals surface area contributed by atoms with Crippen LogP contribution in [0.3, 0.4) is 0 Å². The monoisotopic (exact) mass is 315 g/mol. The van der Waals surface area contributed by atoms with Crippen molar-refractivity contribution in [2.24, 2.45) is 5.92 Å². The van der Waals surface area contributed by atoms with Gasteiger partial charge >= 0.3 is 0 Å². The van der Waals surface area contributed by atoms with Crippen LogP contribution in [0.25, 0.3) is 0 Å². The van der Waals surface area contributed by atoms with Gasteiger partial charge in [0, 0.05) is 13.0 Å². The summed E-state index contributed by atoms with van der Waals surface area (Å²) >= 11 is 0. The molecule has 0 aromatic heterocycles. The number of unbranched alkanes of at least 4 members (excludes halogenated alkanes) is 1. The molecule has 1 atom stereocenters. The van der Waals surface area contributed by atoms with Gasteiger partial charge in [0.1, 0.15) is 0 Å². The van der Waals surface area contributed by atoms with E-state index in [4.69, 9.17) is 0 Å². The van der Waals surface area contributed by atoms with Gasteiger partial charge in [0.2, 0.25) is 0 Å². The van der Waals surface area contributed by atoms with Crippen LogP contribution in [0, 0.1) is 5.92 Å². The minimum atomic E-state index is -0.471. The number of hydrogen-bond acceptors (Lipinski definition) is 3. The van der Waals surface area contributed by atoms with Crippen LogP contribution in [-0.4, -0.2) is 28.2 Å². The maximum absolute atomic E-state index is 12.6. The highest BCUT2D eigenvalue weighted by Crippen LogP contribution is 2.38. The summed E-state index contributed by atoms with van der Waals surface area (Å²) in [6, 6.07) is 9.00. The molecule has 4 nitrogen and oxygen atoms in total. The fourth-order valence-corrected chi connectivity index (χ4v) is 2.96. The van der Waals surface area contributed by atoms with E-state index >= 15 is 0 Å². The van der Waals surface area contributed by atoms with Crippen LogP contribution in [0.1, 0.15) is 51.6 Å². The summed E-state index contributed by atoms with van der Waals surface area (Å²) in [5, 5.41) is 10.3. The van der Waals surface area contributed by atoms with E-state index in [1.165, 1.54) is 0 Å². The first-order chi connectivity index (χ1) is 11.0. The molecule has 1 aromatic rings. The molecule has 1 heterocycles. The third-order valence-electron chi connectivity index (χ3n) is 4.07. The topological polar surface area (TPSA) is 57.6 Å². The number of ketones is 1. The lowest BCUT2D eigenvalue weighted by molar-refractivity contribution is -0.129. The summed E-state index contributed by atoms with van der Waals surface area (Å²) < 4.78 is 0. The van der Waals surface area contributed by atoms with Gasteiger partial charge in [-0.2, -0.15) is 0 Å². The predicted octanol–water partition coefficient (Wildman–Crippen LogP) is 3.80. The number of carbonyl (C=O) groups is 2. The predicted molar refractivity (Wildman–Crippen MR) is 89.9 cm³/mol. The molecule has 124 valence electrons. The standard InChI is InChI=1S/C19H25NO3/c1-4-5-11-20-17(14-9-7-6-8-10-14)16(18(22)19(20)23)15(21)12-13(2)3/h6-10,13,17,22H,4-5,11-12H2,1-3H3. The molecule has 0 spiro atoms. The highest BCUT2D eigenvalue weighted by atomic mass is 16.3. The number of amides is 1. The molecule has 0 radical (unpaired) electrons. The molecule has 2 rings (SSSR count). The Balaban J connectivity index is 2.43. The van der Waals surface area contributed by atoms with Crippen molar-refractivity contribution in [1.82, 2.24) is 4.90 Å². The zero-order valence-corrected chi connectivity index (χ0v) is 14.1. The molecular weight excluding hydrogens is 290 g/mol. The number of hydrogen-bond donors (Lipinski definition) is 1. The Bertz CT molecular complexity index is 604. The first kappa shape index (κ1) is 17.3. The van der Waals surface area contributed by atoms with Crippen molar-refractivity contribution in [3.63, 3.8) is 0 Å². The van der Waals surface area contributed by atoms with Gasteiger partial charge in [-0.05, 0) is 17.9 Å². The van der Waals surface area contributed by atoms with Crippen LogP contribution in [0.5, 0.6) is 0 Å². The molecule has 0 aliphatic carbocycles. The minimum absolute atomic E-state index is 0.140. The number of Topliss-reactive ketones (excluding diaryl/α,β-unsaturated/α-hetero) is 1.